The molecule has 0 unspecified atom stereocenters. The highest BCUT2D eigenvalue weighted by Gasteiger charge is 2.08. The SMILES string of the molecule is COc1ccc2cc(CNc3ccc(CCc4nc5ccccc5n4C)cc3)c(=O)[nH]c2c1. The van der Waals surface area contributed by atoms with Crippen LogP contribution in [0, 0.1) is 0 Å². The molecule has 5 rings (SSSR count). The predicted molar refractivity (Wildman–Crippen MR) is 133 cm³/mol. The summed E-state index contributed by atoms with van der Waals surface area (Å²) in [5, 5.41) is 4.33. The number of hydrogen-bond donors (Lipinski definition) is 2. The minimum absolute atomic E-state index is 0.0951. The molecule has 0 saturated heterocycles. The first-order chi connectivity index (χ1) is 16.1. The highest BCUT2D eigenvalue weighted by molar-refractivity contribution is 5.80. The van der Waals surface area contributed by atoms with Crippen molar-refractivity contribution in [2.75, 3.05) is 12.4 Å². The fraction of sp³-hybridized carbons (Fsp3) is 0.185. The van der Waals surface area contributed by atoms with Gasteiger partial charge in [-0.3, -0.25) is 4.79 Å². The summed E-state index contributed by atoms with van der Waals surface area (Å²) in [4.78, 5) is 20.2. The van der Waals surface area contributed by atoms with E-state index in [1.807, 2.05) is 36.4 Å². The van der Waals surface area contributed by atoms with Crippen molar-refractivity contribution < 1.29 is 4.74 Å². The molecule has 0 aliphatic heterocycles. The number of nitrogens with zero attached hydrogens (tertiary/aromatic N) is 2. The van der Waals surface area contributed by atoms with Gasteiger partial charge in [0.25, 0.3) is 5.56 Å². The number of ether oxygens (including phenoxy) is 1. The van der Waals surface area contributed by atoms with Crippen molar-refractivity contribution in [3.8, 4) is 5.75 Å². The van der Waals surface area contributed by atoms with Gasteiger partial charge in [-0.1, -0.05) is 24.3 Å². The third-order valence-corrected chi connectivity index (χ3v) is 6.08. The Morgan fingerprint density at radius 3 is 2.61 bits per heavy atom. The van der Waals surface area contributed by atoms with E-state index in [2.05, 4.69) is 58.3 Å². The molecule has 0 radical (unpaired) electrons. The molecule has 166 valence electrons. The Kier molecular flexibility index (Phi) is 5.57. The van der Waals surface area contributed by atoms with Gasteiger partial charge < -0.3 is 19.6 Å². The topological polar surface area (TPSA) is 71.9 Å². The van der Waals surface area contributed by atoms with Crippen molar-refractivity contribution in [1.82, 2.24) is 14.5 Å². The number of rotatable bonds is 7. The monoisotopic (exact) mass is 438 g/mol. The van der Waals surface area contributed by atoms with Crippen LogP contribution in [0.15, 0.2) is 77.6 Å². The Morgan fingerprint density at radius 2 is 1.82 bits per heavy atom. The second-order valence-electron chi connectivity index (χ2n) is 8.20. The Hall–Kier alpha value is -4.06. The van der Waals surface area contributed by atoms with E-state index in [0.717, 1.165) is 52.0 Å². The van der Waals surface area contributed by atoms with E-state index >= 15 is 0 Å². The van der Waals surface area contributed by atoms with Gasteiger partial charge in [0.1, 0.15) is 11.6 Å². The zero-order valence-corrected chi connectivity index (χ0v) is 18.8. The molecule has 5 aromatic rings. The molecule has 2 N–H and O–H groups in total. The summed E-state index contributed by atoms with van der Waals surface area (Å²) in [6, 6.07) is 24.2. The normalized spacial score (nSPS) is 11.2. The van der Waals surface area contributed by atoms with E-state index in [0.29, 0.717) is 12.1 Å². The Labute approximate surface area is 191 Å². The number of pyridine rings is 1. The van der Waals surface area contributed by atoms with Gasteiger partial charge in [-0.25, -0.2) is 4.98 Å². The van der Waals surface area contributed by atoms with Crippen LogP contribution in [-0.2, 0) is 26.4 Å². The maximum absolute atomic E-state index is 12.5. The molecule has 2 heterocycles. The Balaban J connectivity index is 1.23. The number of aromatic amines is 1. The zero-order valence-electron chi connectivity index (χ0n) is 18.8. The lowest BCUT2D eigenvalue weighted by molar-refractivity contribution is 0.415. The summed E-state index contributed by atoms with van der Waals surface area (Å²) in [6.07, 6.45) is 1.81. The van der Waals surface area contributed by atoms with Gasteiger partial charge in [0.05, 0.1) is 23.7 Å². The Bertz CT molecular complexity index is 1480. The molecule has 0 bridgehead atoms. The molecule has 0 fully saturated rings. The van der Waals surface area contributed by atoms with Crippen molar-refractivity contribution in [2.24, 2.45) is 7.05 Å². The molecule has 0 aliphatic carbocycles. The van der Waals surface area contributed by atoms with Crippen LogP contribution in [0.3, 0.4) is 0 Å². The number of nitrogens with one attached hydrogen (secondary N) is 2. The van der Waals surface area contributed by atoms with Crippen LogP contribution in [0.2, 0.25) is 0 Å². The first-order valence-electron chi connectivity index (χ1n) is 11.0. The number of fused-ring (bicyclic) bond motifs is 2. The Morgan fingerprint density at radius 1 is 1.00 bits per heavy atom. The number of benzene rings is 3. The maximum atomic E-state index is 12.5. The van der Waals surface area contributed by atoms with Gasteiger partial charge in [-0.15, -0.1) is 0 Å². The number of para-hydroxylation sites is 2. The van der Waals surface area contributed by atoms with E-state index in [-0.39, 0.29) is 5.56 Å². The molecular formula is C27H26N4O2. The van der Waals surface area contributed by atoms with Gasteiger partial charge in [-0.05, 0) is 59.8 Å². The van der Waals surface area contributed by atoms with Gasteiger partial charge in [0, 0.05) is 37.3 Å². The molecular weight excluding hydrogens is 412 g/mol. The zero-order chi connectivity index (χ0) is 22.8. The van der Waals surface area contributed by atoms with Gasteiger partial charge in [-0.2, -0.15) is 0 Å². The van der Waals surface area contributed by atoms with E-state index < -0.39 is 0 Å². The number of imidazole rings is 1. The third kappa shape index (κ3) is 4.32. The van der Waals surface area contributed by atoms with Gasteiger partial charge >= 0.3 is 0 Å². The van der Waals surface area contributed by atoms with Gasteiger partial charge in [0.2, 0.25) is 0 Å². The van der Waals surface area contributed by atoms with Crippen LogP contribution < -0.4 is 15.6 Å². The van der Waals surface area contributed by atoms with Crippen LogP contribution in [0.1, 0.15) is 17.0 Å². The summed E-state index contributed by atoms with van der Waals surface area (Å²) >= 11 is 0. The van der Waals surface area contributed by atoms with Crippen LogP contribution in [-0.4, -0.2) is 21.6 Å². The third-order valence-electron chi connectivity index (χ3n) is 6.08. The summed E-state index contributed by atoms with van der Waals surface area (Å²) in [5.74, 6) is 1.81. The molecule has 0 amide bonds. The quantitative estimate of drug-likeness (QED) is 0.382. The fourth-order valence-corrected chi connectivity index (χ4v) is 4.15. The average Bonchev–Trinajstić information content (AvgIpc) is 3.17. The summed E-state index contributed by atoms with van der Waals surface area (Å²) in [6.45, 7) is 0.455. The minimum atomic E-state index is -0.0951. The largest absolute Gasteiger partial charge is 0.497 e. The van der Waals surface area contributed by atoms with Crippen molar-refractivity contribution >= 4 is 27.6 Å². The van der Waals surface area contributed by atoms with Crippen LogP contribution in [0.4, 0.5) is 5.69 Å². The van der Waals surface area contributed by atoms with Crippen LogP contribution in [0.25, 0.3) is 21.9 Å². The number of aromatic nitrogens is 3. The maximum Gasteiger partial charge on any atom is 0.253 e. The minimum Gasteiger partial charge on any atom is -0.497 e. The smallest absolute Gasteiger partial charge is 0.253 e. The lowest BCUT2D eigenvalue weighted by atomic mass is 10.1. The molecule has 6 heteroatoms. The molecule has 33 heavy (non-hydrogen) atoms. The standard InChI is InChI=1S/C27H26N4O2/c1-31-25-6-4-3-5-23(25)29-26(31)14-9-18-7-11-21(12-8-18)28-17-20-15-19-10-13-22(33-2)16-24(19)30-27(20)32/h3-8,10-13,15-16,28H,9,14,17H2,1-2H3,(H,30,32). The summed E-state index contributed by atoms with van der Waals surface area (Å²) < 4.78 is 7.40. The summed E-state index contributed by atoms with van der Waals surface area (Å²) in [7, 11) is 3.69. The number of H-pyrrole nitrogens is 1. The predicted octanol–water partition coefficient (Wildman–Crippen LogP) is 4.82. The fourth-order valence-electron chi connectivity index (χ4n) is 4.15. The highest BCUT2D eigenvalue weighted by Crippen LogP contribution is 2.20. The average molecular weight is 439 g/mol. The molecule has 2 aromatic heterocycles. The van der Waals surface area contributed by atoms with E-state index in [1.54, 1.807) is 7.11 Å². The van der Waals surface area contributed by atoms with Crippen molar-refractivity contribution in [3.63, 3.8) is 0 Å². The first kappa shape index (κ1) is 20.8. The van der Waals surface area contributed by atoms with Crippen LogP contribution in [0.5, 0.6) is 5.75 Å². The second kappa shape index (κ2) is 8.82. The molecule has 6 nitrogen and oxygen atoms in total. The number of anilines is 1. The number of methoxy groups -OCH3 is 1. The number of aryl methyl sites for hydroxylation is 3. The molecule has 0 spiro atoms. The lowest BCUT2D eigenvalue weighted by Crippen LogP contribution is -2.15. The van der Waals surface area contributed by atoms with E-state index in [9.17, 15) is 4.79 Å². The summed E-state index contributed by atoms with van der Waals surface area (Å²) in [5.41, 5.74) is 5.81. The molecule has 0 saturated carbocycles. The number of hydrogen-bond acceptors (Lipinski definition) is 4. The van der Waals surface area contributed by atoms with Gasteiger partial charge in [0.15, 0.2) is 0 Å². The molecule has 3 aromatic carbocycles. The van der Waals surface area contributed by atoms with Crippen molar-refractivity contribution in [3.05, 3.63) is 100 Å². The molecule has 0 atom stereocenters. The van der Waals surface area contributed by atoms with Crippen molar-refractivity contribution in [1.29, 1.82) is 0 Å². The lowest BCUT2D eigenvalue weighted by Gasteiger charge is -2.09. The van der Waals surface area contributed by atoms with Crippen LogP contribution >= 0.6 is 0 Å². The molecule has 0 aliphatic rings. The van der Waals surface area contributed by atoms with Crippen molar-refractivity contribution in [2.45, 2.75) is 19.4 Å². The first-order valence-corrected chi connectivity index (χ1v) is 11.0. The van der Waals surface area contributed by atoms with E-state index in [4.69, 9.17) is 9.72 Å². The second-order valence-corrected chi connectivity index (χ2v) is 8.20. The highest BCUT2D eigenvalue weighted by atomic mass is 16.5. The van der Waals surface area contributed by atoms with E-state index in [1.165, 1.54) is 5.56 Å².